The molecule has 0 radical (unpaired) electrons. The summed E-state index contributed by atoms with van der Waals surface area (Å²) >= 11 is 0. The Bertz CT molecular complexity index is 828. The number of unbranched alkanes of at least 4 members (excludes halogenated alkanes) is 1. The van der Waals surface area contributed by atoms with Gasteiger partial charge in [0.1, 0.15) is 17.4 Å². The average molecular weight is 385 g/mol. The van der Waals surface area contributed by atoms with E-state index >= 15 is 0 Å². The Balaban J connectivity index is 2.16. The van der Waals surface area contributed by atoms with Crippen molar-refractivity contribution in [3.8, 4) is 17.6 Å². The van der Waals surface area contributed by atoms with Gasteiger partial charge in [-0.2, -0.15) is 0 Å². The van der Waals surface area contributed by atoms with Gasteiger partial charge in [0.25, 0.3) is 0 Å². The first-order valence-electron chi connectivity index (χ1n) is 10.1. The summed E-state index contributed by atoms with van der Waals surface area (Å²) in [5.41, 5.74) is 3.21. The van der Waals surface area contributed by atoms with E-state index in [-0.39, 0.29) is 5.56 Å². The fourth-order valence-corrected chi connectivity index (χ4v) is 3.17. The molecule has 150 valence electrons. The molecule has 0 saturated carbocycles. The number of hydrogen-bond donors (Lipinski definition) is 0. The van der Waals surface area contributed by atoms with Crippen LogP contribution in [0.25, 0.3) is 0 Å². The van der Waals surface area contributed by atoms with Gasteiger partial charge in [-0.1, -0.05) is 45.0 Å². The lowest BCUT2D eigenvalue weighted by atomic mass is 10.00. The molecule has 0 fully saturated rings. The molecule has 3 heteroatoms. The first-order chi connectivity index (χ1) is 13.3. The Labute approximate surface area is 168 Å². The Kier molecular flexibility index (Phi) is 8.05. The van der Waals surface area contributed by atoms with Crippen LogP contribution >= 0.6 is 0 Å². The van der Waals surface area contributed by atoms with Gasteiger partial charge in [-0.25, -0.2) is 8.78 Å². The lowest BCUT2D eigenvalue weighted by Crippen LogP contribution is -2.11. The zero-order valence-corrected chi connectivity index (χ0v) is 17.6. The van der Waals surface area contributed by atoms with Crippen LogP contribution in [-0.4, -0.2) is 6.61 Å². The van der Waals surface area contributed by atoms with Crippen molar-refractivity contribution < 1.29 is 13.5 Å². The normalized spacial score (nSPS) is 11.7. The summed E-state index contributed by atoms with van der Waals surface area (Å²) in [6.07, 6.45) is 4.74. The maximum absolute atomic E-state index is 13.7. The third-order valence-corrected chi connectivity index (χ3v) is 5.15. The van der Waals surface area contributed by atoms with Gasteiger partial charge in [0.2, 0.25) is 0 Å². The zero-order valence-electron chi connectivity index (χ0n) is 17.6. The summed E-state index contributed by atoms with van der Waals surface area (Å²) in [4.78, 5) is 0. The second kappa shape index (κ2) is 10.3. The van der Waals surface area contributed by atoms with Gasteiger partial charge >= 0.3 is 0 Å². The molecule has 2 rings (SSSR count). The summed E-state index contributed by atoms with van der Waals surface area (Å²) in [5, 5.41) is 0. The van der Waals surface area contributed by atoms with E-state index in [2.05, 4.69) is 25.7 Å². The van der Waals surface area contributed by atoms with Crippen molar-refractivity contribution in [2.75, 3.05) is 6.61 Å². The largest absolute Gasteiger partial charge is 0.493 e. The fraction of sp³-hybridized carbons (Fsp3) is 0.440. The molecule has 2 aromatic carbocycles. The lowest BCUT2D eigenvalue weighted by molar-refractivity contribution is 0.233. The Morgan fingerprint density at radius 1 is 0.929 bits per heavy atom. The predicted molar refractivity (Wildman–Crippen MR) is 112 cm³/mol. The molecule has 0 heterocycles. The van der Waals surface area contributed by atoms with Crippen LogP contribution < -0.4 is 4.74 Å². The van der Waals surface area contributed by atoms with Gasteiger partial charge in [0.05, 0.1) is 6.61 Å². The van der Waals surface area contributed by atoms with Crippen molar-refractivity contribution in [3.63, 3.8) is 0 Å². The highest BCUT2D eigenvalue weighted by atomic mass is 19.1. The van der Waals surface area contributed by atoms with Crippen LogP contribution in [0, 0.1) is 50.2 Å². The minimum Gasteiger partial charge on any atom is -0.493 e. The molecule has 1 nitrogen and oxygen atoms in total. The molecule has 0 bridgehead atoms. The second-order valence-electron chi connectivity index (χ2n) is 7.47. The van der Waals surface area contributed by atoms with Gasteiger partial charge in [-0.15, -0.1) is 0 Å². The van der Waals surface area contributed by atoms with Gasteiger partial charge in [-0.3, -0.25) is 0 Å². The van der Waals surface area contributed by atoms with Crippen molar-refractivity contribution in [1.29, 1.82) is 0 Å². The molecule has 1 atom stereocenters. The number of rotatable bonds is 7. The summed E-state index contributed by atoms with van der Waals surface area (Å²) in [7, 11) is 0. The maximum atomic E-state index is 13.7. The van der Waals surface area contributed by atoms with Crippen LogP contribution in [0.5, 0.6) is 5.75 Å². The number of aryl methyl sites for hydroxylation is 2. The molecule has 2 aromatic rings. The SMILES string of the molecule is CCCCC(CC)COc1cc(C)c(C#Cc2cc(F)c(C)c(F)c2)c(C)c1. The van der Waals surface area contributed by atoms with Crippen LogP contribution in [0.15, 0.2) is 24.3 Å². The van der Waals surface area contributed by atoms with E-state index in [1.54, 1.807) is 0 Å². The first-order valence-corrected chi connectivity index (χ1v) is 10.1. The summed E-state index contributed by atoms with van der Waals surface area (Å²) in [6.45, 7) is 10.5. The topological polar surface area (TPSA) is 9.23 Å². The summed E-state index contributed by atoms with van der Waals surface area (Å²) < 4.78 is 33.5. The van der Waals surface area contributed by atoms with Crippen LogP contribution in [0.4, 0.5) is 8.78 Å². The molecule has 0 aliphatic rings. The van der Waals surface area contributed by atoms with Gasteiger partial charge in [0.15, 0.2) is 0 Å². The molecule has 0 spiro atoms. The van der Waals surface area contributed by atoms with Crippen molar-refractivity contribution in [1.82, 2.24) is 0 Å². The second-order valence-corrected chi connectivity index (χ2v) is 7.47. The molecule has 0 amide bonds. The number of benzene rings is 2. The first kappa shape index (κ1) is 22.0. The molecule has 0 aliphatic carbocycles. The quantitative estimate of drug-likeness (QED) is 0.473. The maximum Gasteiger partial charge on any atom is 0.130 e. The fourth-order valence-electron chi connectivity index (χ4n) is 3.17. The van der Waals surface area contributed by atoms with Crippen LogP contribution in [-0.2, 0) is 0 Å². The van der Waals surface area contributed by atoms with E-state index in [1.807, 2.05) is 26.0 Å². The van der Waals surface area contributed by atoms with Crippen molar-refractivity contribution in [2.24, 2.45) is 5.92 Å². The van der Waals surface area contributed by atoms with Gasteiger partial charge < -0.3 is 4.74 Å². The molecule has 0 aliphatic heterocycles. The molecular formula is C25H30F2O. The zero-order chi connectivity index (χ0) is 20.7. The highest BCUT2D eigenvalue weighted by Gasteiger charge is 2.09. The minimum absolute atomic E-state index is 0.0173. The van der Waals surface area contributed by atoms with E-state index < -0.39 is 11.6 Å². The van der Waals surface area contributed by atoms with Gasteiger partial charge in [0, 0.05) is 16.7 Å². The highest BCUT2D eigenvalue weighted by molar-refractivity contribution is 5.53. The Morgan fingerprint density at radius 3 is 2.07 bits per heavy atom. The smallest absolute Gasteiger partial charge is 0.130 e. The average Bonchev–Trinajstić information content (AvgIpc) is 2.65. The van der Waals surface area contributed by atoms with E-state index in [0.29, 0.717) is 11.5 Å². The van der Waals surface area contributed by atoms with E-state index in [9.17, 15) is 8.78 Å². The molecule has 0 saturated heterocycles. The van der Waals surface area contributed by atoms with E-state index in [0.717, 1.165) is 35.5 Å². The highest BCUT2D eigenvalue weighted by Crippen LogP contribution is 2.23. The monoisotopic (exact) mass is 384 g/mol. The predicted octanol–water partition coefficient (Wildman–Crippen LogP) is 6.89. The Hall–Kier alpha value is -2.34. The molecule has 1 unspecified atom stereocenters. The standard InChI is InChI=1S/C25H30F2O/c1-6-8-9-20(7-2)16-28-22-12-17(3)23(18(4)13-22)11-10-21-14-24(26)19(5)25(27)15-21/h12-15,20H,6-9,16H2,1-5H3. The number of ether oxygens (including phenoxy) is 1. The molecule has 0 N–H and O–H groups in total. The Morgan fingerprint density at radius 2 is 1.54 bits per heavy atom. The molecule has 28 heavy (non-hydrogen) atoms. The van der Waals surface area contributed by atoms with Gasteiger partial charge in [-0.05, 0) is 68.5 Å². The van der Waals surface area contributed by atoms with Crippen LogP contribution in [0.2, 0.25) is 0 Å². The lowest BCUT2D eigenvalue weighted by Gasteiger charge is -2.16. The van der Waals surface area contributed by atoms with Crippen molar-refractivity contribution >= 4 is 0 Å². The van der Waals surface area contributed by atoms with E-state index in [4.69, 9.17) is 4.74 Å². The summed E-state index contributed by atoms with van der Waals surface area (Å²) in [6, 6.07) is 6.52. The summed E-state index contributed by atoms with van der Waals surface area (Å²) in [5.74, 6) is 6.22. The molecule has 0 aromatic heterocycles. The number of halogens is 2. The van der Waals surface area contributed by atoms with Crippen molar-refractivity contribution in [3.05, 3.63) is 63.7 Å². The van der Waals surface area contributed by atoms with Crippen LogP contribution in [0.1, 0.15) is 67.3 Å². The van der Waals surface area contributed by atoms with Crippen LogP contribution in [0.3, 0.4) is 0 Å². The molecular weight excluding hydrogens is 354 g/mol. The third kappa shape index (κ3) is 5.83. The minimum atomic E-state index is -0.574. The van der Waals surface area contributed by atoms with Crippen molar-refractivity contribution in [2.45, 2.75) is 60.3 Å². The van der Waals surface area contributed by atoms with E-state index in [1.165, 1.54) is 38.3 Å². The third-order valence-electron chi connectivity index (χ3n) is 5.15. The number of hydrogen-bond acceptors (Lipinski definition) is 1.